The van der Waals surface area contributed by atoms with Crippen LogP contribution in [0.1, 0.15) is 28.9 Å². The highest BCUT2D eigenvalue weighted by atomic mass is 35.5. The second kappa shape index (κ2) is 10.8. The molecule has 0 saturated carbocycles. The van der Waals surface area contributed by atoms with Crippen molar-refractivity contribution in [1.29, 1.82) is 0 Å². The van der Waals surface area contributed by atoms with Crippen molar-refractivity contribution in [3.8, 4) is 0 Å². The van der Waals surface area contributed by atoms with Crippen molar-refractivity contribution in [2.24, 2.45) is 11.7 Å². The molecule has 2 amide bonds. The first kappa shape index (κ1) is 22.0. The number of benzene rings is 2. The van der Waals surface area contributed by atoms with Crippen molar-refractivity contribution >= 4 is 35.8 Å². The van der Waals surface area contributed by atoms with Gasteiger partial charge in [0, 0.05) is 29.7 Å². The lowest BCUT2D eigenvalue weighted by atomic mass is 9.95. The molecule has 2 rings (SSSR count). The van der Waals surface area contributed by atoms with Crippen LogP contribution >= 0.6 is 24.0 Å². The molecule has 0 aliphatic carbocycles. The minimum atomic E-state index is -0.371. The summed E-state index contributed by atoms with van der Waals surface area (Å²) in [6, 6.07) is 15.7. The van der Waals surface area contributed by atoms with Crippen molar-refractivity contribution in [2.45, 2.75) is 13.0 Å². The molecule has 0 aliphatic heterocycles. The molecule has 0 radical (unpaired) electrons. The number of amides is 2. The summed E-state index contributed by atoms with van der Waals surface area (Å²) in [5, 5.41) is 6.12. The fourth-order valence-electron chi connectivity index (χ4n) is 2.35. The third kappa shape index (κ3) is 6.33. The highest BCUT2D eigenvalue weighted by molar-refractivity contribution is 6.30. The maximum absolute atomic E-state index is 12.2. The van der Waals surface area contributed by atoms with Gasteiger partial charge in [0.25, 0.3) is 5.91 Å². The number of carbonyl (C=O) groups is 2. The number of hydrogen-bond donors (Lipinski definition) is 3. The SMILES string of the molecule is CC(C(=O)NCCNC(=O)c1ccc(Cl)cc1)C(N)c1ccccc1.Cl. The number of nitrogens with two attached hydrogens (primary N) is 1. The highest BCUT2D eigenvalue weighted by Gasteiger charge is 2.21. The molecule has 0 aromatic heterocycles. The Balaban J connectivity index is 0.00000338. The number of carbonyl (C=O) groups excluding carboxylic acids is 2. The van der Waals surface area contributed by atoms with Crippen LogP contribution in [-0.4, -0.2) is 24.9 Å². The number of rotatable bonds is 7. The zero-order valence-corrected chi connectivity index (χ0v) is 16.0. The lowest BCUT2D eigenvalue weighted by molar-refractivity contribution is -0.125. The van der Waals surface area contributed by atoms with Crippen LogP contribution in [0.4, 0.5) is 0 Å². The van der Waals surface area contributed by atoms with Gasteiger partial charge in [-0.05, 0) is 29.8 Å². The predicted molar refractivity (Wildman–Crippen MR) is 107 cm³/mol. The van der Waals surface area contributed by atoms with Gasteiger partial charge in [-0.1, -0.05) is 48.9 Å². The standard InChI is InChI=1S/C19H22ClN3O2.ClH/c1-13(17(21)14-5-3-2-4-6-14)18(24)22-11-12-23-19(25)15-7-9-16(20)10-8-15;/h2-10,13,17H,11-12,21H2,1H3,(H,22,24)(H,23,25);1H. The number of hydrogen-bond acceptors (Lipinski definition) is 3. The van der Waals surface area contributed by atoms with Gasteiger partial charge >= 0.3 is 0 Å². The summed E-state index contributed by atoms with van der Waals surface area (Å²) in [7, 11) is 0. The first-order chi connectivity index (χ1) is 12.0. The van der Waals surface area contributed by atoms with Crippen molar-refractivity contribution in [3.05, 3.63) is 70.7 Å². The molecule has 0 aliphatic rings. The van der Waals surface area contributed by atoms with E-state index in [-0.39, 0.29) is 36.2 Å². The fraction of sp³-hybridized carbons (Fsp3) is 0.263. The smallest absolute Gasteiger partial charge is 0.251 e. The van der Waals surface area contributed by atoms with Gasteiger partial charge in [-0.2, -0.15) is 0 Å². The first-order valence-electron chi connectivity index (χ1n) is 8.11. The third-order valence-corrected chi connectivity index (χ3v) is 4.20. The Morgan fingerprint density at radius 1 is 1.00 bits per heavy atom. The van der Waals surface area contributed by atoms with E-state index in [0.29, 0.717) is 23.7 Å². The normalized spacial score (nSPS) is 12.4. The summed E-state index contributed by atoms with van der Waals surface area (Å²) in [5.74, 6) is -0.716. The van der Waals surface area contributed by atoms with Gasteiger partial charge in [0.2, 0.25) is 5.91 Å². The van der Waals surface area contributed by atoms with E-state index in [4.69, 9.17) is 17.3 Å². The zero-order chi connectivity index (χ0) is 18.2. The van der Waals surface area contributed by atoms with Crippen molar-refractivity contribution in [3.63, 3.8) is 0 Å². The van der Waals surface area contributed by atoms with E-state index < -0.39 is 0 Å². The molecule has 0 fully saturated rings. The molecule has 2 aromatic rings. The van der Waals surface area contributed by atoms with E-state index in [1.54, 1.807) is 31.2 Å². The molecule has 26 heavy (non-hydrogen) atoms. The molecule has 140 valence electrons. The minimum Gasteiger partial charge on any atom is -0.354 e. The first-order valence-corrected chi connectivity index (χ1v) is 8.49. The van der Waals surface area contributed by atoms with Crippen LogP contribution in [0.25, 0.3) is 0 Å². The molecule has 0 spiro atoms. The largest absolute Gasteiger partial charge is 0.354 e. The second-order valence-corrected chi connectivity index (χ2v) is 6.22. The Morgan fingerprint density at radius 2 is 1.58 bits per heavy atom. The van der Waals surface area contributed by atoms with E-state index in [9.17, 15) is 9.59 Å². The fourth-order valence-corrected chi connectivity index (χ4v) is 2.48. The quantitative estimate of drug-likeness (QED) is 0.630. The highest BCUT2D eigenvalue weighted by Crippen LogP contribution is 2.18. The molecule has 5 nitrogen and oxygen atoms in total. The summed E-state index contributed by atoms with van der Waals surface area (Å²) in [4.78, 5) is 24.1. The van der Waals surface area contributed by atoms with Gasteiger partial charge in [-0.15, -0.1) is 12.4 Å². The molecular formula is C19H23Cl2N3O2. The van der Waals surface area contributed by atoms with Crippen molar-refractivity contribution in [2.75, 3.05) is 13.1 Å². The Morgan fingerprint density at radius 3 is 2.19 bits per heavy atom. The molecule has 7 heteroatoms. The Bertz CT molecular complexity index is 708. The van der Waals surface area contributed by atoms with Crippen LogP contribution in [0.3, 0.4) is 0 Å². The summed E-state index contributed by atoms with van der Waals surface area (Å²) in [5.41, 5.74) is 7.58. The third-order valence-electron chi connectivity index (χ3n) is 3.95. The van der Waals surface area contributed by atoms with Crippen molar-refractivity contribution < 1.29 is 9.59 Å². The summed E-state index contributed by atoms with van der Waals surface area (Å²) in [6.07, 6.45) is 0. The second-order valence-electron chi connectivity index (χ2n) is 5.78. The van der Waals surface area contributed by atoms with Gasteiger partial charge < -0.3 is 16.4 Å². The van der Waals surface area contributed by atoms with Gasteiger partial charge in [-0.25, -0.2) is 0 Å². The maximum Gasteiger partial charge on any atom is 0.251 e. The maximum atomic E-state index is 12.2. The van der Waals surface area contributed by atoms with Crippen LogP contribution in [-0.2, 0) is 4.79 Å². The lowest BCUT2D eigenvalue weighted by Crippen LogP contribution is -2.39. The van der Waals surface area contributed by atoms with E-state index in [1.807, 2.05) is 30.3 Å². The van der Waals surface area contributed by atoms with Crippen LogP contribution in [0, 0.1) is 5.92 Å². The number of halogens is 2. The van der Waals surface area contributed by atoms with Crippen molar-refractivity contribution in [1.82, 2.24) is 10.6 Å². The average Bonchev–Trinajstić information content (AvgIpc) is 2.65. The molecule has 2 unspecified atom stereocenters. The van der Waals surface area contributed by atoms with E-state index in [2.05, 4.69) is 10.6 Å². The molecule has 0 saturated heterocycles. The van der Waals surface area contributed by atoms with Gasteiger partial charge in [0.15, 0.2) is 0 Å². The molecule has 2 aromatic carbocycles. The Hall–Kier alpha value is -2.08. The molecule has 0 heterocycles. The van der Waals surface area contributed by atoms with E-state index in [0.717, 1.165) is 5.56 Å². The Labute approximate surface area is 164 Å². The molecule has 2 atom stereocenters. The van der Waals surface area contributed by atoms with Gasteiger partial charge in [0.05, 0.1) is 5.92 Å². The summed E-state index contributed by atoms with van der Waals surface area (Å²) >= 11 is 5.79. The Kier molecular flexibility index (Phi) is 9.13. The summed E-state index contributed by atoms with van der Waals surface area (Å²) < 4.78 is 0. The zero-order valence-electron chi connectivity index (χ0n) is 14.4. The molecule has 4 N–H and O–H groups in total. The minimum absolute atomic E-state index is 0. The van der Waals surface area contributed by atoms with Crippen LogP contribution in [0.5, 0.6) is 0 Å². The van der Waals surface area contributed by atoms with Crippen LogP contribution < -0.4 is 16.4 Å². The number of nitrogens with one attached hydrogen (secondary N) is 2. The van der Waals surface area contributed by atoms with E-state index in [1.165, 1.54) is 0 Å². The van der Waals surface area contributed by atoms with Gasteiger partial charge in [-0.3, -0.25) is 9.59 Å². The molecule has 0 bridgehead atoms. The van der Waals surface area contributed by atoms with E-state index >= 15 is 0 Å². The monoisotopic (exact) mass is 395 g/mol. The lowest BCUT2D eigenvalue weighted by Gasteiger charge is -2.19. The predicted octanol–water partition coefficient (Wildman–Crippen LogP) is 2.94. The average molecular weight is 396 g/mol. The molecular weight excluding hydrogens is 373 g/mol. The van der Waals surface area contributed by atoms with Crippen LogP contribution in [0.2, 0.25) is 5.02 Å². The van der Waals surface area contributed by atoms with Gasteiger partial charge in [0.1, 0.15) is 0 Å². The summed E-state index contributed by atoms with van der Waals surface area (Å²) in [6.45, 7) is 2.46. The van der Waals surface area contributed by atoms with Crippen LogP contribution in [0.15, 0.2) is 54.6 Å². The topological polar surface area (TPSA) is 84.2 Å².